The first kappa shape index (κ1) is 11.0. The highest BCUT2D eigenvalue weighted by Crippen LogP contribution is 2.32. The third kappa shape index (κ3) is 1.43. The molecule has 5 heteroatoms. The summed E-state index contributed by atoms with van der Waals surface area (Å²) in [5.74, 6) is 0. The number of furan rings is 1. The van der Waals surface area contributed by atoms with E-state index in [4.69, 9.17) is 8.83 Å². The van der Waals surface area contributed by atoms with Crippen LogP contribution in [0.1, 0.15) is 5.56 Å². The summed E-state index contributed by atoms with van der Waals surface area (Å²) in [5.41, 5.74) is 2.53. The summed E-state index contributed by atoms with van der Waals surface area (Å²) in [5, 5.41) is 5.89. The fraction of sp³-hybridized carbons (Fsp3) is 0.0667. The van der Waals surface area contributed by atoms with E-state index < -0.39 is 0 Å². The Hall–Kier alpha value is -2.82. The van der Waals surface area contributed by atoms with Gasteiger partial charge in [-0.3, -0.25) is 0 Å². The van der Waals surface area contributed by atoms with Crippen LogP contribution in [0.3, 0.4) is 0 Å². The molecule has 98 valence electrons. The molecule has 4 aromatic rings. The Morgan fingerprint density at radius 2 is 2.10 bits per heavy atom. The fourth-order valence-corrected chi connectivity index (χ4v) is 2.47. The molecule has 20 heavy (non-hydrogen) atoms. The molecule has 0 saturated carbocycles. The van der Waals surface area contributed by atoms with Crippen LogP contribution in [0.25, 0.3) is 27.6 Å². The Kier molecular flexibility index (Phi) is 2.12. The number of fused-ring (bicyclic) bond motifs is 3. The molecule has 0 saturated heterocycles. The number of hydrogen-bond donors (Lipinski definition) is 0. The van der Waals surface area contributed by atoms with Gasteiger partial charge in [0.1, 0.15) is 11.3 Å². The van der Waals surface area contributed by atoms with Crippen molar-refractivity contribution in [3.8, 4) is 5.69 Å². The molecule has 3 heterocycles. The second-order valence-corrected chi connectivity index (χ2v) is 4.63. The normalized spacial score (nSPS) is 11.4. The predicted molar refractivity (Wildman–Crippen MR) is 74.1 cm³/mol. The molecule has 4 rings (SSSR count). The monoisotopic (exact) mass is 266 g/mol. The van der Waals surface area contributed by atoms with E-state index in [-0.39, 0.29) is 5.63 Å². The van der Waals surface area contributed by atoms with Crippen molar-refractivity contribution in [1.29, 1.82) is 0 Å². The van der Waals surface area contributed by atoms with E-state index in [1.165, 1.54) is 6.07 Å². The summed E-state index contributed by atoms with van der Waals surface area (Å²) in [6, 6.07) is 7.05. The molecule has 5 nitrogen and oxygen atoms in total. The van der Waals surface area contributed by atoms with E-state index in [2.05, 4.69) is 5.10 Å². The van der Waals surface area contributed by atoms with Crippen molar-refractivity contribution in [3.63, 3.8) is 0 Å². The molecule has 0 atom stereocenters. The zero-order chi connectivity index (χ0) is 13.7. The van der Waals surface area contributed by atoms with Crippen LogP contribution in [0, 0.1) is 6.92 Å². The summed E-state index contributed by atoms with van der Waals surface area (Å²) in [4.78, 5) is 11.6. The smallest absolute Gasteiger partial charge is 0.336 e. The number of benzene rings is 1. The minimum atomic E-state index is -0.357. The van der Waals surface area contributed by atoms with Gasteiger partial charge in [-0.05, 0) is 30.7 Å². The van der Waals surface area contributed by atoms with Crippen molar-refractivity contribution in [3.05, 3.63) is 58.9 Å². The summed E-state index contributed by atoms with van der Waals surface area (Å²) in [6.07, 6.45) is 5.13. The lowest BCUT2D eigenvalue weighted by Crippen LogP contribution is -2.00. The maximum absolute atomic E-state index is 11.6. The van der Waals surface area contributed by atoms with E-state index in [1.54, 1.807) is 23.2 Å². The Labute approximate surface area is 113 Å². The van der Waals surface area contributed by atoms with Crippen LogP contribution in [-0.2, 0) is 0 Å². The maximum Gasteiger partial charge on any atom is 0.336 e. The Balaban J connectivity index is 2.25. The molecule has 0 amide bonds. The van der Waals surface area contributed by atoms with Crippen LogP contribution < -0.4 is 5.63 Å². The van der Waals surface area contributed by atoms with Crippen LogP contribution in [0.5, 0.6) is 0 Å². The molecule has 0 bridgehead atoms. The van der Waals surface area contributed by atoms with Gasteiger partial charge >= 0.3 is 5.63 Å². The molecule has 0 N–H and O–H groups in total. The zero-order valence-corrected chi connectivity index (χ0v) is 10.7. The standard InChI is InChI=1S/C15H10N2O3/c1-9-7-13(18)20-14-10-3-6-19-15(10)12(8-11(9)14)17-5-2-4-16-17/h2-8H,1H3. The van der Waals surface area contributed by atoms with Gasteiger partial charge in [0, 0.05) is 23.8 Å². The van der Waals surface area contributed by atoms with Gasteiger partial charge in [-0.1, -0.05) is 0 Å². The molecule has 0 unspecified atom stereocenters. The lowest BCUT2D eigenvalue weighted by Gasteiger charge is -2.07. The number of aryl methyl sites for hydroxylation is 1. The van der Waals surface area contributed by atoms with Crippen LogP contribution in [0.15, 0.2) is 56.6 Å². The summed E-state index contributed by atoms with van der Waals surface area (Å²) in [7, 11) is 0. The van der Waals surface area contributed by atoms with Gasteiger partial charge in [0.05, 0.1) is 11.6 Å². The summed E-state index contributed by atoms with van der Waals surface area (Å²) in [6.45, 7) is 1.89. The molecule has 0 aliphatic carbocycles. The van der Waals surface area contributed by atoms with Crippen molar-refractivity contribution in [2.75, 3.05) is 0 Å². The lowest BCUT2D eigenvalue weighted by molar-refractivity contribution is 0.562. The molecule has 3 aromatic heterocycles. The first-order chi connectivity index (χ1) is 9.74. The number of hydrogen-bond acceptors (Lipinski definition) is 4. The second-order valence-electron chi connectivity index (χ2n) is 4.63. The van der Waals surface area contributed by atoms with Gasteiger partial charge in [0.15, 0.2) is 5.58 Å². The Bertz CT molecular complexity index is 978. The van der Waals surface area contributed by atoms with E-state index in [1.807, 2.05) is 25.3 Å². The maximum atomic E-state index is 11.6. The highest BCUT2D eigenvalue weighted by molar-refractivity contribution is 6.06. The summed E-state index contributed by atoms with van der Waals surface area (Å²) >= 11 is 0. The van der Waals surface area contributed by atoms with E-state index in [9.17, 15) is 4.79 Å². The molecule has 0 spiro atoms. The second kappa shape index (κ2) is 3.84. The minimum Gasteiger partial charge on any atom is -0.462 e. The first-order valence-corrected chi connectivity index (χ1v) is 6.19. The third-order valence-electron chi connectivity index (χ3n) is 3.38. The topological polar surface area (TPSA) is 61.2 Å². The molecular formula is C15H10N2O3. The van der Waals surface area contributed by atoms with Gasteiger partial charge in [-0.2, -0.15) is 5.10 Å². The Morgan fingerprint density at radius 1 is 1.20 bits per heavy atom. The average Bonchev–Trinajstić information content (AvgIpc) is 3.09. The fourth-order valence-electron chi connectivity index (χ4n) is 2.47. The zero-order valence-electron chi connectivity index (χ0n) is 10.7. The first-order valence-electron chi connectivity index (χ1n) is 6.19. The number of aromatic nitrogens is 2. The van der Waals surface area contributed by atoms with E-state index in [0.717, 1.165) is 22.0 Å². The van der Waals surface area contributed by atoms with Gasteiger partial charge < -0.3 is 8.83 Å². The van der Waals surface area contributed by atoms with Gasteiger partial charge in [0.25, 0.3) is 0 Å². The van der Waals surface area contributed by atoms with Crippen molar-refractivity contribution in [2.24, 2.45) is 0 Å². The van der Waals surface area contributed by atoms with E-state index >= 15 is 0 Å². The lowest BCUT2D eigenvalue weighted by atomic mass is 10.1. The molecule has 1 aromatic carbocycles. The minimum absolute atomic E-state index is 0.357. The average molecular weight is 266 g/mol. The highest BCUT2D eigenvalue weighted by Gasteiger charge is 2.15. The number of rotatable bonds is 1. The molecule has 0 aliphatic rings. The van der Waals surface area contributed by atoms with Crippen LogP contribution in [0.2, 0.25) is 0 Å². The molecule has 0 radical (unpaired) electrons. The largest absolute Gasteiger partial charge is 0.462 e. The Morgan fingerprint density at radius 3 is 2.90 bits per heavy atom. The van der Waals surface area contributed by atoms with E-state index in [0.29, 0.717) is 11.2 Å². The van der Waals surface area contributed by atoms with Crippen LogP contribution >= 0.6 is 0 Å². The van der Waals surface area contributed by atoms with Crippen molar-refractivity contribution in [1.82, 2.24) is 9.78 Å². The van der Waals surface area contributed by atoms with Gasteiger partial charge in [-0.15, -0.1) is 0 Å². The summed E-state index contributed by atoms with van der Waals surface area (Å²) < 4.78 is 12.6. The number of nitrogens with zero attached hydrogens (tertiary/aromatic N) is 2. The predicted octanol–water partition coefficient (Wildman–Crippen LogP) is 3.03. The van der Waals surface area contributed by atoms with Gasteiger partial charge in [0.2, 0.25) is 0 Å². The van der Waals surface area contributed by atoms with Crippen LogP contribution in [0.4, 0.5) is 0 Å². The van der Waals surface area contributed by atoms with Crippen molar-refractivity contribution in [2.45, 2.75) is 6.92 Å². The van der Waals surface area contributed by atoms with Gasteiger partial charge in [-0.25, -0.2) is 9.48 Å². The quantitative estimate of drug-likeness (QED) is 0.497. The molecule has 0 aliphatic heterocycles. The molecule has 0 fully saturated rings. The highest BCUT2D eigenvalue weighted by atomic mass is 16.4. The van der Waals surface area contributed by atoms with Crippen molar-refractivity contribution >= 4 is 21.9 Å². The van der Waals surface area contributed by atoms with Crippen molar-refractivity contribution < 1.29 is 8.83 Å². The SMILES string of the molecule is Cc1cc(=O)oc2c1cc(-n1cccn1)c1occc12. The van der Waals surface area contributed by atoms with Crippen LogP contribution in [-0.4, -0.2) is 9.78 Å². The molecular weight excluding hydrogens is 256 g/mol. The third-order valence-corrected chi connectivity index (χ3v) is 3.38.